The lowest BCUT2D eigenvalue weighted by atomic mass is 9.77. The van der Waals surface area contributed by atoms with Gasteiger partial charge in [0, 0.05) is 12.1 Å². The Kier molecular flexibility index (Phi) is 5.00. The number of hydrogen-bond acceptors (Lipinski definition) is 2. The molecule has 0 radical (unpaired) electrons. The van der Waals surface area contributed by atoms with Crippen LogP contribution in [0.25, 0.3) is 0 Å². The van der Waals surface area contributed by atoms with E-state index in [1.807, 2.05) is 0 Å². The number of carbonyl (C=O) groups is 2. The molecule has 4 heteroatoms. The third kappa shape index (κ3) is 3.28. The van der Waals surface area contributed by atoms with E-state index in [1.54, 1.807) is 0 Å². The van der Waals surface area contributed by atoms with Crippen LogP contribution in [-0.4, -0.2) is 27.4 Å². The molecule has 0 aromatic heterocycles. The van der Waals surface area contributed by atoms with Gasteiger partial charge in [-0.25, -0.2) is 0 Å². The average molecular weight is 370 g/mol. The summed E-state index contributed by atoms with van der Waals surface area (Å²) in [5.74, 6) is -1.13. The minimum Gasteiger partial charge on any atom is -0.481 e. The first kappa shape index (κ1) is 18.5. The highest BCUT2D eigenvalue weighted by atomic mass is 16.4. The lowest BCUT2D eigenvalue weighted by Crippen LogP contribution is -2.53. The molecule has 0 bridgehead atoms. The molecular weight excluding hydrogens is 338 g/mol. The molecule has 3 aliphatic rings. The number of nitrogens with zero attached hydrogens (tertiary/aromatic N) is 1. The van der Waals surface area contributed by atoms with Gasteiger partial charge in [0.25, 0.3) is 0 Å². The van der Waals surface area contributed by atoms with Crippen molar-refractivity contribution in [1.29, 1.82) is 0 Å². The standard InChI is InChI=1S/C23H31NO3/c1-16-14-23(12-6-7-13-23)24(15-17-8-2-3-9-18(16)17)21(25)19-10-4-5-11-20(19)22(26)27/h2-3,8-9,16,19-20H,4-7,10-15H2,1H3,(H,26,27)/t16-,19+,20-/m0/s1. The Labute approximate surface area is 161 Å². The van der Waals surface area contributed by atoms with Crippen LogP contribution in [0, 0.1) is 11.8 Å². The Morgan fingerprint density at radius 2 is 1.70 bits per heavy atom. The van der Waals surface area contributed by atoms with Crippen molar-refractivity contribution in [2.75, 3.05) is 0 Å². The minimum atomic E-state index is -0.794. The van der Waals surface area contributed by atoms with E-state index in [2.05, 4.69) is 36.1 Å². The first-order chi connectivity index (χ1) is 13.0. The topological polar surface area (TPSA) is 57.6 Å². The summed E-state index contributed by atoms with van der Waals surface area (Å²) >= 11 is 0. The molecule has 4 rings (SSSR count). The minimum absolute atomic E-state index is 0.0873. The number of amides is 1. The first-order valence-corrected chi connectivity index (χ1v) is 10.6. The monoisotopic (exact) mass is 369 g/mol. The van der Waals surface area contributed by atoms with Gasteiger partial charge in [-0.15, -0.1) is 0 Å². The molecule has 27 heavy (non-hydrogen) atoms. The summed E-state index contributed by atoms with van der Waals surface area (Å²) in [6.07, 6.45) is 8.70. The molecule has 1 N–H and O–H groups in total. The van der Waals surface area contributed by atoms with Crippen LogP contribution in [0.1, 0.15) is 81.8 Å². The summed E-state index contributed by atoms with van der Waals surface area (Å²) < 4.78 is 0. The van der Waals surface area contributed by atoms with Crippen LogP contribution >= 0.6 is 0 Å². The van der Waals surface area contributed by atoms with Gasteiger partial charge >= 0.3 is 5.97 Å². The molecule has 1 aromatic rings. The number of hydrogen-bond donors (Lipinski definition) is 1. The fraction of sp³-hybridized carbons (Fsp3) is 0.652. The van der Waals surface area contributed by atoms with Crippen molar-refractivity contribution in [3.63, 3.8) is 0 Å². The van der Waals surface area contributed by atoms with Crippen molar-refractivity contribution in [3.05, 3.63) is 35.4 Å². The first-order valence-electron chi connectivity index (χ1n) is 10.6. The van der Waals surface area contributed by atoms with Gasteiger partial charge in [0.1, 0.15) is 0 Å². The van der Waals surface area contributed by atoms with Crippen LogP contribution in [0.5, 0.6) is 0 Å². The van der Waals surface area contributed by atoms with E-state index < -0.39 is 11.9 Å². The molecule has 2 saturated carbocycles. The van der Waals surface area contributed by atoms with Crippen LogP contribution in [-0.2, 0) is 16.1 Å². The number of aliphatic carboxylic acids is 1. The lowest BCUT2D eigenvalue weighted by Gasteiger charge is -2.44. The second kappa shape index (κ2) is 7.29. The maximum atomic E-state index is 13.8. The van der Waals surface area contributed by atoms with Gasteiger partial charge in [-0.1, -0.05) is 56.9 Å². The predicted molar refractivity (Wildman–Crippen MR) is 104 cm³/mol. The predicted octanol–water partition coefficient (Wildman–Crippen LogP) is 4.73. The van der Waals surface area contributed by atoms with Crippen LogP contribution in [0.2, 0.25) is 0 Å². The Balaban J connectivity index is 1.71. The normalized spacial score (nSPS) is 30.0. The summed E-state index contributed by atoms with van der Waals surface area (Å²) in [5.41, 5.74) is 2.51. The van der Waals surface area contributed by atoms with Crippen molar-refractivity contribution in [1.82, 2.24) is 4.90 Å². The third-order valence-electron chi connectivity index (χ3n) is 7.37. The molecule has 146 valence electrons. The number of carboxylic acid groups (broad SMARTS) is 1. The van der Waals surface area contributed by atoms with Crippen LogP contribution in [0.3, 0.4) is 0 Å². The molecular formula is C23H31NO3. The molecule has 0 saturated heterocycles. The van der Waals surface area contributed by atoms with Crippen LogP contribution in [0.4, 0.5) is 0 Å². The Morgan fingerprint density at radius 1 is 1.04 bits per heavy atom. The van der Waals surface area contributed by atoms with E-state index in [9.17, 15) is 14.7 Å². The quantitative estimate of drug-likeness (QED) is 0.820. The van der Waals surface area contributed by atoms with Gasteiger partial charge in [-0.3, -0.25) is 9.59 Å². The van der Waals surface area contributed by atoms with Gasteiger partial charge in [-0.2, -0.15) is 0 Å². The number of rotatable bonds is 2. The summed E-state index contributed by atoms with van der Waals surface area (Å²) in [7, 11) is 0. The highest BCUT2D eigenvalue weighted by molar-refractivity contribution is 5.85. The van der Waals surface area contributed by atoms with Gasteiger partial charge < -0.3 is 10.0 Å². The van der Waals surface area contributed by atoms with Crippen molar-refractivity contribution < 1.29 is 14.7 Å². The fourth-order valence-electron chi connectivity index (χ4n) is 6.03. The zero-order valence-electron chi connectivity index (χ0n) is 16.3. The van der Waals surface area contributed by atoms with Crippen LogP contribution < -0.4 is 0 Å². The van der Waals surface area contributed by atoms with E-state index in [4.69, 9.17) is 0 Å². The number of benzene rings is 1. The average Bonchev–Trinajstić information content (AvgIpc) is 3.10. The van der Waals surface area contributed by atoms with Crippen molar-refractivity contribution in [2.45, 2.75) is 82.7 Å². The van der Waals surface area contributed by atoms with E-state index in [1.165, 1.54) is 24.0 Å². The van der Waals surface area contributed by atoms with Gasteiger partial charge in [-0.05, 0) is 49.1 Å². The van der Waals surface area contributed by atoms with Crippen molar-refractivity contribution in [2.24, 2.45) is 11.8 Å². The summed E-state index contributed by atoms with van der Waals surface area (Å²) in [6.45, 7) is 2.93. The summed E-state index contributed by atoms with van der Waals surface area (Å²) in [5, 5.41) is 9.70. The van der Waals surface area contributed by atoms with E-state index in [0.29, 0.717) is 18.9 Å². The highest BCUT2D eigenvalue weighted by Gasteiger charge is 2.48. The van der Waals surface area contributed by atoms with E-state index in [-0.39, 0.29) is 17.4 Å². The number of fused-ring (bicyclic) bond motifs is 1. The second-order valence-electron chi connectivity index (χ2n) is 9.00. The molecule has 4 nitrogen and oxygen atoms in total. The zero-order chi connectivity index (χ0) is 19.0. The van der Waals surface area contributed by atoms with E-state index >= 15 is 0 Å². The molecule has 1 aliphatic heterocycles. The second-order valence-corrected chi connectivity index (χ2v) is 9.00. The largest absolute Gasteiger partial charge is 0.481 e. The SMILES string of the molecule is C[C@H]1CC2(CCCC2)N(C(=O)[C@@H]2CCCC[C@@H]2C(=O)O)Cc2ccccc21. The maximum absolute atomic E-state index is 13.8. The van der Waals surface area contributed by atoms with E-state index in [0.717, 1.165) is 38.5 Å². The smallest absolute Gasteiger partial charge is 0.307 e. The molecule has 1 heterocycles. The Morgan fingerprint density at radius 3 is 2.41 bits per heavy atom. The molecule has 1 amide bonds. The molecule has 1 spiro atoms. The summed E-state index contributed by atoms with van der Waals surface area (Å²) in [4.78, 5) is 27.7. The molecule has 2 aliphatic carbocycles. The fourth-order valence-corrected chi connectivity index (χ4v) is 6.03. The van der Waals surface area contributed by atoms with Gasteiger partial charge in [0.2, 0.25) is 5.91 Å². The Bertz CT molecular complexity index is 722. The van der Waals surface area contributed by atoms with Crippen molar-refractivity contribution in [3.8, 4) is 0 Å². The zero-order valence-corrected chi connectivity index (χ0v) is 16.3. The third-order valence-corrected chi connectivity index (χ3v) is 7.37. The maximum Gasteiger partial charge on any atom is 0.307 e. The number of carboxylic acids is 1. The lowest BCUT2D eigenvalue weighted by molar-refractivity contribution is -0.156. The van der Waals surface area contributed by atoms with Gasteiger partial charge in [0.05, 0.1) is 11.8 Å². The van der Waals surface area contributed by atoms with Gasteiger partial charge in [0.15, 0.2) is 0 Å². The van der Waals surface area contributed by atoms with Crippen LogP contribution in [0.15, 0.2) is 24.3 Å². The number of carbonyl (C=O) groups excluding carboxylic acids is 1. The Hall–Kier alpha value is -1.84. The highest BCUT2D eigenvalue weighted by Crippen LogP contribution is 2.47. The van der Waals surface area contributed by atoms with Crippen molar-refractivity contribution >= 4 is 11.9 Å². The summed E-state index contributed by atoms with van der Waals surface area (Å²) in [6, 6.07) is 8.50. The molecule has 0 unspecified atom stereocenters. The molecule has 2 fully saturated rings. The molecule has 1 aromatic carbocycles. The molecule has 3 atom stereocenters.